The van der Waals surface area contributed by atoms with Crippen LogP contribution in [0.1, 0.15) is 6.42 Å². The molecular weight excluding hydrogens is 272 g/mol. The Morgan fingerprint density at radius 1 is 1.48 bits per heavy atom. The van der Waals surface area contributed by atoms with Gasteiger partial charge in [-0.2, -0.15) is 0 Å². The number of benzene rings is 1. The molecule has 2 rings (SSSR count). The lowest BCUT2D eigenvalue weighted by molar-refractivity contribution is -0.132. The molecule has 1 N–H and O–H groups in total. The molecule has 0 aliphatic carbocycles. The summed E-state index contributed by atoms with van der Waals surface area (Å²) in [5, 5.41) is 2.54. The highest BCUT2D eigenvalue weighted by atomic mass is 16.5. The lowest BCUT2D eigenvalue weighted by Crippen LogP contribution is -2.32. The molecule has 6 nitrogen and oxygen atoms in total. The summed E-state index contributed by atoms with van der Waals surface area (Å²) in [5.41, 5.74) is 0.597. The summed E-state index contributed by atoms with van der Waals surface area (Å²) in [6, 6.07) is 6.78. The highest BCUT2D eigenvalue weighted by Crippen LogP contribution is 2.21. The van der Waals surface area contributed by atoms with Crippen LogP contribution >= 0.6 is 0 Å². The molecule has 1 atom stereocenters. The number of methoxy groups -OCH3 is 1. The predicted molar refractivity (Wildman–Crippen MR) is 78.3 cm³/mol. The van der Waals surface area contributed by atoms with Gasteiger partial charge in [-0.25, -0.2) is 4.79 Å². The Balaban J connectivity index is 1.93. The van der Waals surface area contributed by atoms with Gasteiger partial charge >= 0.3 is 6.09 Å². The van der Waals surface area contributed by atoms with Crippen LogP contribution in [0.25, 0.3) is 0 Å². The number of carbonyl (C=O) groups excluding carboxylic acids is 2. The fourth-order valence-electron chi connectivity index (χ4n) is 2.11. The number of nitrogens with one attached hydrogen (secondary N) is 1. The molecule has 0 saturated carbocycles. The summed E-state index contributed by atoms with van der Waals surface area (Å²) in [7, 11) is 1.30. The predicted octanol–water partition coefficient (Wildman–Crippen LogP) is 2.03. The second-order valence-electron chi connectivity index (χ2n) is 4.61. The first-order chi connectivity index (χ1) is 10.1. The fraction of sp³-hybridized carbons (Fsp3) is 0.333. The number of rotatable bonds is 5. The number of hydrogen-bond donors (Lipinski definition) is 1. The first-order valence-corrected chi connectivity index (χ1v) is 6.65. The topological polar surface area (TPSA) is 67.9 Å². The van der Waals surface area contributed by atoms with Crippen molar-refractivity contribution in [1.82, 2.24) is 4.90 Å². The van der Waals surface area contributed by atoms with Gasteiger partial charge in [0.25, 0.3) is 5.91 Å². The third-order valence-corrected chi connectivity index (χ3v) is 3.16. The maximum atomic E-state index is 12.0. The Morgan fingerprint density at radius 3 is 2.81 bits per heavy atom. The molecule has 112 valence electrons. The van der Waals surface area contributed by atoms with E-state index in [9.17, 15) is 9.59 Å². The Hall–Kier alpha value is -2.50. The molecule has 1 saturated heterocycles. The molecule has 0 radical (unpaired) electrons. The van der Waals surface area contributed by atoms with Gasteiger partial charge in [0.2, 0.25) is 0 Å². The molecule has 2 amide bonds. The summed E-state index contributed by atoms with van der Waals surface area (Å²) in [5.74, 6) is 0.566. The third-order valence-electron chi connectivity index (χ3n) is 3.16. The van der Waals surface area contributed by atoms with Gasteiger partial charge in [-0.1, -0.05) is 6.08 Å². The van der Waals surface area contributed by atoms with E-state index in [2.05, 4.69) is 16.6 Å². The minimum atomic E-state index is -0.533. The van der Waals surface area contributed by atoms with Gasteiger partial charge in [0, 0.05) is 25.2 Å². The molecule has 6 heteroatoms. The van der Waals surface area contributed by atoms with E-state index in [4.69, 9.17) is 4.74 Å². The zero-order valence-corrected chi connectivity index (χ0v) is 11.9. The van der Waals surface area contributed by atoms with Crippen LogP contribution in [0, 0.1) is 0 Å². The smallest absolute Gasteiger partial charge is 0.411 e. The second-order valence-corrected chi connectivity index (χ2v) is 4.61. The number of amides is 2. The van der Waals surface area contributed by atoms with E-state index in [0.717, 1.165) is 0 Å². The Bertz CT molecular complexity index is 527. The van der Waals surface area contributed by atoms with Crippen LogP contribution in [0.2, 0.25) is 0 Å². The molecule has 1 fully saturated rings. The first kappa shape index (κ1) is 14.9. The van der Waals surface area contributed by atoms with Gasteiger partial charge in [-0.05, 0) is 24.3 Å². The lowest BCUT2D eigenvalue weighted by atomic mass is 10.2. The van der Waals surface area contributed by atoms with Gasteiger partial charge in [0.15, 0.2) is 6.10 Å². The van der Waals surface area contributed by atoms with Gasteiger partial charge < -0.3 is 14.4 Å². The van der Waals surface area contributed by atoms with Crippen LogP contribution in [-0.4, -0.2) is 43.2 Å². The average Bonchev–Trinajstić information content (AvgIpc) is 2.83. The van der Waals surface area contributed by atoms with E-state index >= 15 is 0 Å². The normalized spacial score (nSPS) is 17.5. The highest BCUT2D eigenvalue weighted by Gasteiger charge is 2.32. The van der Waals surface area contributed by atoms with Crippen molar-refractivity contribution in [3.8, 4) is 5.75 Å². The molecule has 1 aromatic carbocycles. The van der Waals surface area contributed by atoms with Crippen LogP contribution in [-0.2, 0) is 9.53 Å². The van der Waals surface area contributed by atoms with Gasteiger partial charge in [-0.3, -0.25) is 10.1 Å². The Morgan fingerprint density at radius 2 is 2.19 bits per heavy atom. The number of nitrogens with zero attached hydrogens (tertiary/aromatic N) is 1. The number of likely N-dealkylation sites (tertiary alicyclic amines) is 1. The highest BCUT2D eigenvalue weighted by molar-refractivity contribution is 5.85. The average molecular weight is 290 g/mol. The number of carbonyl (C=O) groups is 2. The first-order valence-electron chi connectivity index (χ1n) is 6.65. The number of anilines is 1. The minimum Gasteiger partial charge on any atom is -0.481 e. The third kappa shape index (κ3) is 3.75. The summed E-state index contributed by atoms with van der Waals surface area (Å²) < 4.78 is 10.2. The van der Waals surface area contributed by atoms with E-state index in [-0.39, 0.29) is 5.91 Å². The van der Waals surface area contributed by atoms with Gasteiger partial charge in [-0.15, -0.1) is 6.58 Å². The molecule has 0 bridgehead atoms. The molecule has 1 aliphatic rings. The fourth-order valence-corrected chi connectivity index (χ4v) is 2.11. The Labute approximate surface area is 123 Å². The van der Waals surface area contributed by atoms with E-state index in [1.54, 1.807) is 35.2 Å². The maximum absolute atomic E-state index is 12.0. The molecule has 0 aromatic heterocycles. The van der Waals surface area contributed by atoms with Crippen molar-refractivity contribution in [3.05, 3.63) is 36.9 Å². The summed E-state index contributed by atoms with van der Waals surface area (Å²) >= 11 is 0. The van der Waals surface area contributed by atoms with E-state index in [1.165, 1.54) is 7.11 Å². The molecule has 1 aromatic rings. The maximum Gasteiger partial charge on any atom is 0.411 e. The van der Waals surface area contributed by atoms with Gasteiger partial charge in [0.05, 0.1) is 7.11 Å². The SMILES string of the molecule is C=CCN1CC[C@H](Oc2ccc(NC(=O)OC)cc2)C1=O. The van der Waals surface area contributed by atoms with Crippen molar-refractivity contribution in [3.63, 3.8) is 0 Å². The van der Waals surface area contributed by atoms with E-state index < -0.39 is 12.2 Å². The zero-order chi connectivity index (χ0) is 15.2. The van der Waals surface area contributed by atoms with Crippen LogP contribution in [0.5, 0.6) is 5.75 Å². The van der Waals surface area contributed by atoms with E-state index in [1.807, 2.05) is 0 Å². The van der Waals surface area contributed by atoms with Crippen molar-refractivity contribution in [2.24, 2.45) is 0 Å². The van der Waals surface area contributed by atoms with Crippen LogP contribution in [0.15, 0.2) is 36.9 Å². The standard InChI is InChI=1S/C15H18N2O4/c1-3-9-17-10-8-13(14(17)18)21-12-6-4-11(5-7-12)16-15(19)20-2/h3-7,13H,1,8-10H2,2H3,(H,16,19)/t13-/m0/s1. The zero-order valence-electron chi connectivity index (χ0n) is 11.9. The van der Waals surface area contributed by atoms with Crippen molar-refractivity contribution in [2.75, 3.05) is 25.5 Å². The van der Waals surface area contributed by atoms with Gasteiger partial charge in [0.1, 0.15) is 5.75 Å². The number of ether oxygens (including phenoxy) is 2. The van der Waals surface area contributed by atoms with Crippen LogP contribution < -0.4 is 10.1 Å². The Kier molecular flexibility index (Phi) is 4.81. The van der Waals surface area contributed by atoms with Crippen molar-refractivity contribution in [1.29, 1.82) is 0 Å². The molecule has 21 heavy (non-hydrogen) atoms. The van der Waals surface area contributed by atoms with Crippen LogP contribution in [0.3, 0.4) is 0 Å². The summed E-state index contributed by atoms with van der Waals surface area (Å²) in [6.45, 7) is 4.85. The molecule has 1 aliphatic heterocycles. The summed E-state index contributed by atoms with van der Waals surface area (Å²) in [6.07, 6.45) is 1.38. The molecule has 0 unspecified atom stereocenters. The molecular formula is C15H18N2O4. The monoisotopic (exact) mass is 290 g/mol. The van der Waals surface area contributed by atoms with E-state index in [0.29, 0.717) is 30.9 Å². The largest absolute Gasteiger partial charge is 0.481 e. The van der Waals surface area contributed by atoms with Crippen molar-refractivity contribution < 1.29 is 19.1 Å². The van der Waals surface area contributed by atoms with Crippen LogP contribution in [0.4, 0.5) is 10.5 Å². The minimum absolute atomic E-state index is 0.0216. The quantitative estimate of drug-likeness (QED) is 0.843. The van der Waals surface area contributed by atoms with Crippen molar-refractivity contribution >= 4 is 17.7 Å². The second kappa shape index (κ2) is 6.78. The molecule has 1 heterocycles. The lowest BCUT2D eigenvalue weighted by Gasteiger charge is -2.15. The number of hydrogen-bond acceptors (Lipinski definition) is 4. The van der Waals surface area contributed by atoms with Crippen molar-refractivity contribution in [2.45, 2.75) is 12.5 Å². The summed E-state index contributed by atoms with van der Waals surface area (Å²) in [4.78, 5) is 24.8. The molecule has 0 spiro atoms.